The third kappa shape index (κ3) is 4.59. The van der Waals surface area contributed by atoms with Crippen LogP contribution in [0.4, 0.5) is 28.4 Å². The fraction of sp³-hybridized carbons (Fsp3) is 0. The number of nitrogens with one attached hydrogen (secondary N) is 2. The van der Waals surface area contributed by atoms with Gasteiger partial charge >= 0.3 is 5.97 Å². The minimum absolute atomic E-state index is 0.0308. The molecule has 0 heterocycles. The lowest BCUT2D eigenvalue weighted by molar-refractivity contribution is 0.0697. The molecule has 0 fully saturated rings. The molecule has 1 aliphatic rings. The topological polar surface area (TPSA) is 176 Å². The number of nitrogen functional groups attached to an aromatic ring is 1. The van der Waals surface area contributed by atoms with Crippen molar-refractivity contribution in [2.75, 3.05) is 16.4 Å². The summed E-state index contributed by atoms with van der Waals surface area (Å²) in [6.45, 7) is 0. The van der Waals surface area contributed by atoms with Crippen molar-refractivity contribution in [1.82, 2.24) is 0 Å². The third-order valence-corrected chi connectivity index (χ3v) is 7.37. The maximum absolute atomic E-state index is 13.5. The molecule has 10 nitrogen and oxygen atoms in total. The SMILES string of the molecule is Nc1c(S(=O)(=O)O)cc(Nc2ccc(Nc3ccccc3Cl)c(C(=O)O)c2)c2c1C(=O)c1ccccc1C2=O. The van der Waals surface area contributed by atoms with E-state index < -0.39 is 38.2 Å². The van der Waals surface area contributed by atoms with Gasteiger partial charge in [0.15, 0.2) is 11.6 Å². The first-order chi connectivity index (χ1) is 18.5. The summed E-state index contributed by atoms with van der Waals surface area (Å²) in [6.07, 6.45) is 0. The van der Waals surface area contributed by atoms with E-state index in [1.165, 1.54) is 30.3 Å². The first-order valence-corrected chi connectivity index (χ1v) is 13.1. The van der Waals surface area contributed by atoms with E-state index in [-0.39, 0.29) is 44.9 Å². The minimum Gasteiger partial charge on any atom is -0.478 e. The number of carboxylic acids is 1. The Kier molecular flexibility index (Phi) is 6.35. The average molecular weight is 564 g/mol. The number of carbonyl (C=O) groups excluding carboxylic acids is 2. The number of anilines is 5. The number of hydrogen-bond acceptors (Lipinski definition) is 8. The van der Waals surface area contributed by atoms with E-state index in [1.54, 1.807) is 36.4 Å². The standard InChI is InChI=1S/C27H18ClN3O7S/c28-17-7-3-4-8-19(17)31-18-10-9-13(11-16(18)27(34)35)30-20-12-21(39(36,37)38)24(29)23-22(20)25(32)14-5-1-2-6-15(14)26(23)33/h1-12,30-31H,29H2,(H,34,35)(H,36,37,38). The molecular formula is C27H18ClN3O7S. The summed E-state index contributed by atoms with van der Waals surface area (Å²) in [4.78, 5) is 38.1. The van der Waals surface area contributed by atoms with E-state index in [4.69, 9.17) is 17.3 Å². The summed E-state index contributed by atoms with van der Waals surface area (Å²) >= 11 is 6.18. The zero-order chi connectivity index (χ0) is 28.1. The molecule has 12 heteroatoms. The summed E-state index contributed by atoms with van der Waals surface area (Å²) < 4.78 is 34.0. The fourth-order valence-electron chi connectivity index (χ4n) is 4.38. The van der Waals surface area contributed by atoms with Gasteiger partial charge < -0.3 is 21.5 Å². The second-order valence-electron chi connectivity index (χ2n) is 8.56. The van der Waals surface area contributed by atoms with Gasteiger partial charge in [-0.2, -0.15) is 8.42 Å². The molecular weight excluding hydrogens is 546 g/mol. The molecule has 5 rings (SSSR count). The first-order valence-electron chi connectivity index (χ1n) is 11.3. The molecule has 4 aromatic rings. The Balaban J connectivity index is 1.65. The molecule has 0 atom stereocenters. The van der Waals surface area contributed by atoms with Crippen LogP contribution in [0.2, 0.25) is 5.02 Å². The third-order valence-electron chi connectivity index (χ3n) is 6.15. The maximum Gasteiger partial charge on any atom is 0.337 e. The molecule has 1 aliphatic carbocycles. The zero-order valence-electron chi connectivity index (χ0n) is 19.7. The molecule has 0 spiro atoms. The molecule has 0 saturated heterocycles. The maximum atomic E-state index is 13.5. The van der Waals surface area contributed by atoms with Crippen molar-refractivity contribution in [3.63, 3.8) is 0 Å². The molecule has 0 amide bonds. The largest absolute Gasteiger partial charge is 0.478 e. The van der Waals surface area contributed by atoms with Crippen LogP contribution in [0.25, 0.3) is 0 Å². The Hall–Kier alpha value is -4.71. The van der Waals surface area contributed by atoms with E-state index in [9.17, 15) is 32.5 Å². The number of halogens is 1. The van der Waals surface area contributed by atoms with Crippen molar-refractivity contribution in [3.05, 3.63) is 106 Å². The number of carbonyl (C=O) groups is 3. The van der Waals surface area contributed by atoms with Crippen LogP contribution >= 0.6 is 11.6 Å². The number of carboxylic acid groups (broad SMARTS) is 1. The van der Waals surface area contributed by atoms with Gasteiger partial charge in [0.05, 0.1) is 44.5 Å². The smallest absolute Gasteiger partial charge is 0.337 e. The molecule has 0 aromatic heterocycles. The Morgan fingerprint density at radius 1 is 0.795 bits per heavy atom. The van der Waals surface area contributed by atoms with Gasteiger partial charge in [0.25, 0.3) is 10.1 Å². The lowest BCUT2D eigenvalue weighted by Crippen LogP contribution is -2.25. The number of ketones is 2. The second-order valence-corrected chi connectivity index (χ2v) is 10.4. The fourth-order valence-corrected chi connectivity index (χ4v) is 5.21. The highest BCUT2D eigenvalue weighted by Crippen LogP contribution is 2.40. The van der Waals surface area contributed by atoms with Crippen LogP contribution < -0.4 is 16.4 Å². The van der Waals surface area contributed by atoms with E-state index in [2.05, 4.69) is 10.6 Å². The van der Waals surface area contributed by atoms with Crippen LogP contribution in [0.3, 0.4) is 0 Å². The lowest BCUT2D eigenvalue weighted by atomic mass is 9.82. The van der Waals surface area contributed by atoms with Crippen LogP contribution in [0.1, 0.15) is 42.2 Å². The number of para-hydroxylation sites is 1. The summed E-state index contributed by atoms with van der Waals surface area (Å²) in [5.41, 5.74) is 5.43. The highest BCUT2D eigenvalue weighted by atomic mass is 35.5. The van der Waals surface area contributed by atoms with Gasteiger partial charge in [0.2, 0.25) is 0 Å². The number of rotatable bonds is 6. The molecule has 0 bridgehead atoms. The van der Waals surface area contributed by atoms with Gasteiger partial charge in [-0.1, -0.05) is 48.0 Å². The van der Waals surface area contributed by atoms with Crippen molar-refractivity contribution in [2.24, 2.45) is 0 Å². The van der Waals surface area contributed by atoms with Gasteiger partial charge in [-0.05, 0) is 36.4 Å². The summed E-state index contributed by atoms with van der Waals surface area (Å²) in [5.74, 6) is -2.59. The number of fused-ring (bicyclic) bond motifs is 2. The number of nitrogens with two attached hydrogens (primary N) is 1. The lowest BCUT2D eigenvalue weighted by Gasteiger charge is -2.24. The predicted molar refractivity (Wildman–Crippen MR) is 145 cm³/mol. The van der Waals surface area contributed by atoms with Crippen molar-refractivity contribution in [1.29, 1.82) is 0 Å². The second kappa shape index (κ2) is 9.55. The van der Waals surface area contributed by atoms with Crippen molar-refractivity contribution in [3.8, 4) is 0 Å². The zero-order valence-corrected chi connectivity index (χ0v) is 21.3. The summed E-state index contributed by atoms with van der Waals surface area (Å²) in [7, 11) is -4.91. The van der Waals surface area contributed by atoms with E-state index >= 15 is 0 Å². The van der Waals surface area contributed by atoms with Gasteiger partial charge in [-0.25, -0.2) is 4.79 Å². The molecule has 39 heavy (non-hydrogen) atoms. The Morgan fingerprint density at radius 2 is 1.41 bits per heavy atom. The molecule has 0 aliphatic heterocycles. The molecule has 4 aromatic carbocycles. The van der Waals surface area contributed by atoms with Crippen LogP contribution in [0.5, 0.6) is 0 Å². The molecule has 196 valence electrons. The van der Waals surface area contributed by atoms with Gasteiger partial charge in [0, 0.05) is 16.8 Å². The van der Waals surface area contributed by atoms with Gasteiger partial charge in [-0.15, -0.1) is 0 Å². The Bertz CT molecular complexity index is 1840. The Morgan fingerprint density at radius 3 is 2.03 bits per heavy atom. The quantitative estimate of drug-likeness (QED) is 0.137. The molecule has 0 saturated carbocycles. The van der Waals surface area contributed by atoms with E-state index in [1.807, 2.05) is 0 Å². The van der Waals surface area contributed by atoms with Crippen LogP contribution in [-0.4, -0.2) is 35.6 Å². The van der Waals surface area contributed by atoms with Crippen molar-refractivity contribution in [2.45, 2.75) is 4.90 Å². The van der Waals surface area contributed by atoms with Crippen molar-refractivity contribution >= 4 is 67.7 Å². The normalized spacial score (nSPS) is 12.5. The average Bonchev–Trinajstić information content (AvgIpc) is 2.89. The molecule has 0 radical (unpaired) electrons. The van der Waals surface area contributed by atoms with Crippen LogP contribution in [-0.2, 0) is 10.1 Å². The number of aromatic carboxylic acids is 1. The highest BCUT2D eigenvalue weighted by Gasteiger charge is 2.36. The minimum atomic E-state index is -4.91. The van der Waals surface area contributed by atoms with Crippen LogP contribution in [0.15, 0.2) is 77.7 Å². The monoisotopic (exact) mass is 563 g/mol. The molecule has 0 unspecified atom stereocenters. The summed E-state index contributed by atoms with van der Waals surface area (Å²) in [5, 5.41) is 16.0. The first kappa shape index (κ1) is 25.9. The molecule has 6 N–H and O–H groups in total. The summed E-state index contributed by atoms with van der Waals surface area (Å²) in [6, 6.07) is 17.8. The highest BCUT2D eigenvalue weighted by molar-refractivity contribution is 7.86. The number of hydrogen-bond donors (Lipinski definition) is 5. The predicted octanol–water partition coefficient (Wildman–Crippen LogP) is 5.13. The van der Waals surface area contributed by atoms with Crippen molar-refractivity contribution < 1.29 is 32.5 Å². The van der Waals surface area contributed by atoms with Gasteiger partial charge in [0.1, 0.15) is 4.90 Å². The van der Waals surface area contributed by atoms with Gasteiger partial charge in [-0.3, -0.25) is 14.1 Å². The van der Waals surface area contributed by atoms with E-state index in [0.717, 1.165) is 6.07 Å². The number of benzene rings is 4. The van der Waals surface area contributed by atoms with E-state index in [0.29, 0.717) is 10.7 Å². The Labute approximate surface area is 226 Å². The van der Waals surface area contributed by atoms with Crippen LogP contribution in [0, 0.1) is 0 Å².